The zero-order valence-corrected chi connectivity index (χ0v) is 11.3. The van der Waals surface area contributed by atoms with E-state index in [2.05, 4.69) is 5.32 Å². The molecule has 0 spiro atoms. The number of nitrogens with zero attached hydrogens (tertiary/aromatic N) is 1. The third kappa shape index (κ3) is 3.26. The van der Waals surface area contributed by atoms with Gasteiger partial charge in [-0.15, -0.1) is 0 Å². The fourth-order valence-corrected chi connectivity index (χ4v) is 2.35. The second-order valence-electron chi connectivity index (χ2n) is 5.12. The number of hydrogen-bond acceptors (Lipinski definition) is 2. The molecule has 0 radical (unpaired) electrons. The van der Waals surface area contributed by atoms with Gasteiger partial charge in [0.25, 0.3) is 0 Å². The van der Waals surface area contributed by atoms with Crippen molar-refractivity contribution in [1.82, 2.24) is 4.90 Å². The van der Waals surface area contributed by atoms with Gasteiger partial charge in [0.05, 0.1) is 5.92 Å². The van der Waals surface area contributed by atoms with E-state index in [1.54, 1.807) is 4.90 Å². The van der Waals surface area contributed by atoms with Crippen LogP contribution in [0.2, 0.25) is 0 Å². The average Bonchev–Trinajstić information content (AvgIpc) is 2.41. The number of nitrogens with two attached hydrogens (primary N) is 1. The number of carbonyl (C=O) groups excluding carboxylic acids is 2. The number of carbonyl (C=O) groups is 2. The minimum absolute atomic E-state index is 0.0473. The molecular formula is C14H18FN3O2. The molecule has 108 valence electrons. The van der Waals surface area contributed by atoms with Gasteiger partial charge in [-0.2, -0.15) is 0 Å². The number of amides is 3. The van der Waals surface area contributed by atoms with Gasteiger partial charge in [0, 0.05) is 18.3 Å². The van der Waals surface area contributed by atoms with E-state index in [9.17, 15) is 14.0 Å². The van der Waals surface area contributed by atoms with E-state index in [4.69, 9.17) is 5.73 Å². The Balaban J connectivity index is 2.03. The van der Waals surface area contributed by atoms with Crippen LogP contribution < -0.4 is 11.1 Å². The van der Waals surface area contributed by atoms with Gasteiger partial charge in [-0.1, -0.05) is 0 Å². The molecule has 20 heavy (non-hydrogen) atoms. The number of anilines is 1. The predicted octanol–water partition coefficient (Wildman–Crippen LogP) is 1.94. The molecule has 0 aliphatic carbocycles. The highest BCUT2D eigenvalue weighted by Gasteiger charge is 2.31. The van der Waals surface area contributed by atoms with Crippen LogP contribution in [0, 0.1) is 11.7 Å². The second-order valence-corrected chi connectivity index (χ2v) is 5.12. The molecule has 5 nitrogen and oxygen atoms in total. The minimum atomic E-state index is -0.378. The fraction of sp³-hybridized carbons (Fsp3) is 0.429. The van der Waals surface area contributed by atoms with Crippen LogP contribution in [0.1, 0.15) is 19.8 Å². The Morgan fingerprint density at radius 1 is 1.30 bits per heavy atom. The zero-order chi connectivity index (χ0) is 14.7. The Morgan fingerprint density at radius 2 is 1.95 bits per heavy atom. The normalized spacial score (nSPS) is 22.4. The average molecular weight is 279 g/mol. The van der Waals surface area contributed by atoms with Gasteiger partial charge in [0.15, 0.2) is 0 Å². The molecule has 1 aliphatic heterocycles. The van der Waals surface area contributed by atoms with E-state index in [0.717, 1.165) is 6.42 Å². The Labute approximate surface area is 116 Å². The molecule has 0 bridgehead atoms. The lowest BCUT2D eigenvalue weighted by molar-refractivity contribution is -0.123. The van der Waals surface area contributed by atoms with Crippen molar-refractivity contribution in [3.63, 3.8) is 0 Å². The number of benzene rings is 1. The Bertz CT molecular complexity index is 504. The summed E-state index contributed by atoms with van der Waals surface area (Å²) in [5.41, 5.74) is 5.82. The van der Waals surface area contributed by atoms with E-state index in [0.29, 0.717) is 18.7 Å². The standard InChI is InChI=1S/C14H18FN3O2/c1-9-2-3-10(13(16)19)8-18(9)14(20)17-12-6-4-11(15)5-7-12/h4-7,9-10H,2-3,8H2,1H3,(H2,16,19)(H,17,20). The first-order valence-electron chi connectivity index (χ1n) is 6.60. The molecule has 2 rings (SSSR count). The maximum atomic E-state index is 12.8. The molecule has 1 fully saturated rings. The minimum Gasteiger partial charge on any atom is -0.369 e. The second kappa shape index (κ2) is 5.90. The number of rotatable bonds is 2. The molecule has 0 aromatic heterocycles. The fourth-order valence-electron chi connectivity index (χ4n) is 2.35. The van der Waals surface area contributed by atoms with Crippen LogP contribution in [0.4, 0.5) is 14.9 Å². The van der Waals surface area contributed by atoms with Crippen LogP contribution in [0.5, 0.6) is 0 Å². The number of hydrogen-bond donors (Lipinski definition) is 2. The third-order valence-electron chi connectivity index (χ3n) is 3.64. The summed E-state index contributed by atoms with van der Waals surface area (Å²) >= 11 is 0. The smallest absolute Gasteiger partial charge is 0.322 e. The van der Waals surface area contributed by atoms with Crippen LogP contribution in [0.25, 0.3) is 0 Å². The van der Waals surface area contributed by atoms with Gasteiger partial charge in [-0.05, 0) is 44.0 Å². The number of halogens is 1. The maximum Gasteiger partial charge on any atom is 0.322 e. The van der Waals surface area contributed by atoms with Crippen molar-refractivity contribution >= 4 is 17.6 Å². The van der Waals surface area contributed by atoms with Gasteiger partial charge in [-0.25, -0.2) is 9.18 Å². The van der Waals surface area contributed by atoms with Crippen LogP contribution in [-0.4, -0.2) is 29.4 Å². The van der Waals surface area contributed by atoms with E-state index in [-0.39, 0.29) is 29.7 Å². The van der Waals surface area contributed by atoms with Crippen molar-refractivity contribution in [2.75, 3.05) is 11.9 Å². The first kappa shape index (κ1) is 14.3. The lowest BCUT2D eigenvalue weighted by Crippen LogP contribution is -2.50. The lowest BCUT2D eigenvalue weighted by Gasteiger charge is -2.36. The molecular weight excluding hydrogens is 261 g/mol. The van der Waals surface area contributed by atoms with Crippen molar-refractivity contribution in [1.29, 1.82) is 0 Å². The Morgan fingerprint density at radius 3 is 2.55 bits per heavy atom. The summed E-state index contributed by atoms with van der Waals surface area (Å²) < 4.78 is 12.8. The third-order valence-corrected chi connectivity index (χ3v) is 3.64. The summed E-state index contributed by atoms with van der Waals surface area (Å²) in [6.45, 7) is 2.25. The highest BCUT2D eigenvalue weighted by Crippen LogP contribution is 2.22. The highest BCUT2D eigenvalue weighted by molar-refractivity contribution is 5.90. The number of primary amides is 1. The quantitative estimate of drug-likeness (QED) is 0.868. The van der Waals surface area contributed by atoms with E-state index >= 15 is 0 Å². The first-order chi connectivity index (χ1) is 9.47. The molecule has 1 saturated heterocycles. The molecule has 3 N–H and O–H groups in total. The summed E-state index contributed by atoms with van der Waals surface area (Å²) in [5, 5.41) is 2.70. The van der Waals surface area contributed by atoms with Crippen LogP contribution >= 0.6 is 0 Å². The first-order valence-corrected chi connectivity index (χ1v) is 6.60. The summed E-state index contributed by atoms with van der Waals surface area (Å²) in [6.07, 6.45) is 1.45. The topological polar surface area (TPSA) is 75.4 Å². The van der Waals surface area contributed by atoms with Gasteiger partial charge < -0.3 is 16.0 Å². The molecule has 2 unspecified atom stereocenters. The molecule has 6 heteroatoms. The van der Waals surface area contributed by atoms with Crippen molar-refractivity contribution in [2.24, 2.45) is 11.7 Å². The Kier molecular flexibility index (Phi) is 4.22. The molecule has 3 amide bonds. The number of likely N-dealkylation sites (tertiary alicyclic amines) is 1. The van der Waals surface area contributed by atoms with E-state index in [1.807, 2.05) is 6.92 Å². The maximum absolute atomic E-state index is 12.8. The van der Waals surface area contributed by atoms with Gasteiger partial charge in [-0.3, -0.25) is 4.79 Å². The SMILES string of the molecule is CC1CCC(C(N)=O)CN1C(=O)Nc1ccc(F)cc1. The molecule has 1 aromatic rings. The molecule has 2 atom stereocenters. The number of nitrogens with one attached hydrogen (secondary N) is 1. The van der Waals surface area contributed by atoms with Crippen molar-refractivity contribution in [3.05, 3.63) is 30.1 Å². The molecule has 1 aliphatic rings. The molecule has 1 aromatic carbocycles. The number of piperidine rings is 1. The highest BCUT2D eigenvalue weighted by atomic mass is 19.1. The van der Waals surface area contributed by atoms with E-state index in [1.165, 1.54) is 24.3 Å². The lowest BCUT2D eigenvalue weighted by atomic mass is 9.93. The van der Waals surface area contributed by atoms with Gasteiger partial charge in [0.2, 0.25) is 5.91 Å². The van der Waals surface area contributed by atoms with Crippen LogP contribution in [-0.2, 0) is 4.79 Å². The Hall–Kier alpha value is -2.11. The monoisotopic (exact) mass is 279 g/mol. The summed E-state index contributed by atoms with van der Waals surface area (Å²) in [6, 6.07) is 5.30. The molecule has 0 saturated carbocycles. The van der Waals surface area contributed by atoms with Crippen molar-refractivity contribution in [3.8, 4) is 0 Å². The van der Waals surface area contributed by atoms with Crippen LogP contribution in [0.3, 0.4) is 0 Å². The zero-order valence-electron chi connectivity index (χ0n) is 11.3. The predicted molar refractivity (Wildman–Crippen MR) is 73.5 cm³/mol. The molecule has 1 heterocycles. The summed E-state index contributed by atoms with van der Waals surface area (Å²) in [4.78, 5) is 25.0. The summed E-state index contributed by atoms with van der Waals surface area (Å²) in [7, 11) is 0. The number of urea groups is 1. The van der Waals surface area contributed by atoms with Crippen molar-refractivity contribution in [2.45, 2.75) is 25.8 Å². The van der Waals surface area contributed by atoms with Crippen LogP contribution in [0.15, 0.2) is 24.3 Å². The van der Waals surface area contributed by atoms with Gasteiger partial charge >= 0.3 is 6.03 Å². The van der Waals surface area contributed by atoms with E-state index < -0.39 is 0 Å². The largest absolute Gasteiger partial charge is 0.369 e. The van der Waals surface area contributed by atoms with Crippen molar-refractivity contribution < 1.29 is 14.0 Å². The van der Waals surface area contributed by atoms with Gasteiger partial charge in [0.1, 0.15) is 5.82 Å². The summed E-state index contributed by atoms with van der Waals surface area (Å²) in [5.74, 6) is -1.04.